The van der Waals surface area contributed by atoms with Gasteiger partial charge in [-0.25, -0.2) is 4.68 Å². The molecule has 2 heterocycles. The van der Waals surface area contributed by atoms with Crippen LogP contribution in [-0.2, 0) is 0 Å². The molecule has 0 amide bonds. The lowest BCUT2D eigenvalue weighted by molar-refractivity contribution is 0.530. The van der Waals surface area contributed by atoms with Crippen LogP contribution in [-0.4, -0.2) is 9.78 Å². The summed E-state index contributed by atoms with van der Waals surface area (Å²) < 4.78 is 7.11. The van der Waals surface area contributed by atoms with Crippen LogP contribution in [0.4, 0.5) is 0 Å². The molecule has 2 N–H and O–H groups in total. The van der Waals surface area contributed by atoms with Crippen molar-refractivity contribution in [1.29, 1.82) is 0 Å². The Morgan fingerprint density at radius 1 is 1.21 bits per heavy atom. The Bertz CT molecular complexity index is 670. The third-order valence-electron chi connectivity index (χ3n) is 3.09. The van der Waals surface area contributed by atoms with Crippen LogP contribution >= 0.6 is 0 Å². The third-order valence-corrected chi connectivity index (χ3v) is 3.09. The van der Waals surface area contributed by atoms with Gasteiger partial charge in [-0.15, -0.1) is 0 Å². The van der Waals surface area contributed by atoms with Crippen LogP contribution in [0.1, 0.15) is 22.9 Å². The van der Waals surface area contributed by atoms with E-state index in [2.05, 4.69) is 5.10 Å². The highest BCUT2D eigenvalue weighted by molar-refractivity contribution is 5.33. The number of aromatic nitrogens is 2. The highest BCUT2D eigenvalue weighted by Gasteiger charge is 2.13. The van der Waals surface area contributed by atoms with Crippen molar-refractivity contribution >= 4 is 0 Å². The normalized spacial score (nSPS) is 12.5. The lowest BCUT2D eigenvalue weighted by Crippen LogP contribution is -2.09. The van der Waals surface area contributed by atoms with E-state index in [-0.39, 0.29) is 6.04 Å². The SMILES string of the molecule is Cc1cc(C(N)c2cnn(-c3ccccc3)c2)co1. The van der Waals surface area contributed by atoms with Gasteiger partial charge in [0.15, 0.2) is 0 Å². The molecular weight excluding hydrogens is 238 g/mol. The number of nitrogens with two attached hydrogens (primary N) is 1. The Hall–Kier alpha value is -2.33. The molecule has 0 spiro atoms. The van der Waals surface area contributed by atoms with Gasteiger partial charge in [-0.3, -0.25) is 0 Å². The lowest BCUT2D eigenvalue weighted by Gasteiger charge is -2.05. The predicted octanol–water partition coefficient (Wildman–Crippen LogP) is 2.82. The summed E-state index contributed by atoms with van der Waals surface area (Å²) >= 11 is 0. The van der Waals surface area contributed by atoms with Crippen molar-refractivity contribution in [2.75, 3.05) is 0 Å². The van der Waals surface area contributed by atoms with E-state index in [4.69, 9.17) is 10.2 Å². The second-order valence-corrected chi connectivity index (χ2v) is 4.52. The minimum Gasteiger partial charge on any atom is -0.469 e. The second kappa shape index (κ2) is 4.74. The van der Waals surface area contributed by atoms with Crippen molar-refractivity contribution in [2.45, 2.75) is 13.0 Å². The van der Waals surface area contributed by atoms with Gasteiger partial charge in [-0.2, -0.15) is 5.10 Å². The zero-order chi connectivity index (χ0) is 13.2. The Morgan fingerprint density at radius 3 is 2.68 bits per heavy atom. The summed E-state index contributed by atoms with van der Waals surface area (Å²) in [5, 5.41) is 4.35. The topological polar surface area (TPSA) is 57.0 Å². The molecular formula is C15H15N3O. The van der Waals surface area contributed by atoms with E-state index in [0.717, 1.165) is 22.6 Å². The van der Waals surface area contributed by atoms with Gasteiger partial charge in [0, 0.05) is 17.3 Å². The van der Waals surface area contributed by atoms with Gasteiger partial charge in [0.2, 0.25) is 0 Å². The lowest BCUT2D eigenvalue weighted by atomic mass is 10.1. The number of nitrogens with zero attached hydrogens (tertiary/aromatic N) is 2. The van der Waals surface area contributed by atoms with Gasteiger partial charge in [-0.1, -0.05) is 18.2 Å². The van der Waals surface area contributed by atoms with Crippen LogP contribution in [0.15, 0.2) is 59.5 Å². The number of para-hydroxylation sites is 1. The largest absolute Gasteiger partial charge is 0.469 e. The van der Waals surface area contributed by atoms with Crippen LogP contribution < -0.4 is 5.73 Å². The highest BCUT2D eigenvalue weighted by Crippen LogP contribution is 2.21. The molecule has 1 aromatic carbocycles. The Labute approximate surface area is 111 Å². The molecule has 0 aliphatic heterocycles. The molecule has 3 rings (SSSR count). The average Bonchev–Trinajstić information content (AvgIpc) is 3.08. The summed E-state index contributed by atoms with van der Waals surface area (Å²) in [5.74, 6) is 0.862. The van der Waals surface area contributed by atoms with Crippen LogP contribution in [0.3, 0.4) is 0 Å². The van der Waals surface area contributed by atoms with Crippen molar-refractivity contribution in [3.63, 3.8) is 0 Å². The molecule has 2 aromatic heterocycles. The maximum Gasteiger partial charge on any atom is 0.101 e. The molecule has 3 aromatic rings. The first-order chi connectivity index (χ1) is 9.24. The quantitative estimate of drug-likeness (QED) is 0.780. The van der Waals surface area contributed by atoms with E-state index >= 15 is 0 Å². The first-order valence-corrected chi connectivity index (χ1v) is 6.14. The monoisotopic (exact) mass is 253 g/mol. The van der Waals surface area contributed by atoms with Gasteiger partial charge >= 0.3 is 0 Å². The minimum atomic E-state index is -0.213. The minimum absolute atomic E-state index is 0.213. The maximum atomic E-state index is 6.21. The molecule has 0 saturated carbocycles. The molecule has 19 heavy (non-hydrogen) atoms. The molecule has 96 valence electrons. The van der Waals surface area contributed by atoms with Crippen molar-refractivity contribution < 1.29 is 4.42 Å². The van der Waals surface area contributed by atoms with Crippen LogP contribution in [0.25, 0.3) is 5.69 Å². The van der Waals surface area contributed by atoms with E-state index in [1.807, 2.05) is 54.2 Å². The van der Waals surface area contributed by atoms with Gasteiger partial charge < -0.3 is 10.2 Å². The molecule has 0 radical (unpaired) electrons. The molecule has 4 nitrogen and oxygen atoms in total. The molecule has 0 saturated heterocycles. The van der Waals surface area contributed by atoms with E-state index in [1.54, 1.807) is 12.5 Å². The zero-order valence-corrected chi connectivity index (χ0v) is 10.7. The molecule has 0 aliphatic rings. The average molecular weight is 253 g/mol. The summed E-state index contributed by atoms with van der Waals surface area (Å²) in [4.78, 5) is 0. The van der Waals surface area contributed by atoms with Crippen molar-refractivity contribution in [2.24, 2.45) is 5.73 Å². The van der Waals surface area contributed by atoms with Crippen molar-refractivity contribution in [3.05, 3.63) is 71.9 Å². The standard InChI is InChI=1S/C15H15N3O/c1-11-7-12(10-19-11)15(16)13-8-17-18(9-13)14-5-3-2-4-6-14/h2-10,15H,16H2,1H3. The number of rotatable bonds is 3. The van der Waals surface area contributed by atoms with Gasteiger partial charge in [0.25, 0.3) is 0 Å². The first-order valence-electron chi connectivity index (χ1n) is 6.14. The smallest absolute Gasteiger partial charge is 0.101 e. The van der Waals surface area contributed by atoms with E-state index < -0.39 is 0 Å². The number of hydrogen-bond donors (Lipinski definition) is 1. The molecule has 1 atom stereocenters. The fraction of sp³-hybridized carbons (Fsp3) is 0.133. The van der Waals surface area contributed by atoms with Gasteiger partial charge in [0.1, 0.15) is 5.76 Å². The van der Waals surface area contributed by atoms with E-state index in [9.17, 15) is 0 Å². The summed E-state index contributed by atoms with van der Waals surface area (Å²) in [7, 11) is 0. The Balaban J connectivity index is 1.89. The van der Waals surface area contributed by atoms with Crippen LogP contribution in [0, 0.1) is 6.92 Å². The fourth-order valence-electron chi connectivity index (χ4n) is 2.04. The highest BCUT2D eigenvalue weighted by atomic mass is 16.3. The third kappa shape index (κ3) is 2.30. The van der Waals surface area contributed by atoms with Crippen LogP contribution in [0.2, 0.25) is 0 Å². The predicted molar refractivity (Wildman–Crippen MR) is 73.0 cm³/mol. The Kier molecular flexibility index (Phi) is 2.93. The zero-order valence-electron chi connectivity index (χ0n) is 10.7. The summed E-state index contributed by atoms with van der Waals surface area (Å²) in [6, 6.07) is 11.7. The Morgan fingerprint density at radius 2 is 2.00 bits per heavy atom. The first kappa shape index (κ1) is 11.7. The molecule has 0 bridgehead atoms. The van der Waals surface area contributed by atoms with Gasteiger partial charge in [0.05, 0.1) is 24.2 Å². The van der Waals surface area contributed by atoms with E-state index in [0.29, 0.717) is 0 Å². The molecule has 1 unspecified atom stereocenters. The molecule has 4 heteroatoms. The summed E-state index contributed by atoms with van der Waals surface area (Å²) in [6.45, 7) is 1.91. The number of aryl methyl sites for hydroxylation is 1. The molecule has 0 aliphatic carbocycles. The number of furan rings is 1. The van der Waals surface area contributed by atoms with Crippen molar-refractivity contribution in [3.8, 4) is 5.69 Å². The second-order valence-electron chi connectivity index (χ2n) is 4.52. The van der Waals surface area contributed by atoms with E-state index in [1.165, 1.54) is 0 Å². The van der Waals surface area contributed by atoms with Crippen molar-refractivity contribution in [1.82, 2.24) is 9.78 Å². The van der Waals surface area contributed by atoms with Crippen LogP contribution in [0.5, 0.6) is 0 Å². The fourth-order valence-corrected chi connectivity index (χ4v) is 2.04. The number of hydrogen-bond acceptors (Lipinski definition) is 3. The van der Waals surface area contributed by atoms with Gasteiger partial charge in [-0.05, 0) is 25.1 Å². The maximum absolute atomic E-state index is 6.21. The number of benzene rings is 1. The summed E-state index contributed by atoms with van der Waals surface area (Å²) in [5.41, 5.74) is 9.15. The molecule has 0 fully saturated rings. The summed E-state index contributed by atoms with van der Waals surface area (Å²) in [6.07, 6.45) is 5.43.